The fourth-order valence-corrected chi connectivity index (χ4v) is 2.74. The summed E-state index contributed by atoms with van der Waals surface area (Å²) in [6.07, 6.45) is 2.35. The summed E-state index contributed by atoms with van der Waals surface area (Å²) in [6.45, 7) is 3.21. The van der Waals surface area contributed by atoms with Crippen molar-refractivity contribution < 1.29 is 14.0 Å². The van der Waals surface area contributed by atoms with Crippen LogP contribution in [0.5, 0.6) is 0 Å². The summed E-state index contributed by atoms with van der Waals surface area (Å²) in [5.74, 6) is 1.13. The lowest BCUT2D eigenvalue weighted by molar-refractivity contribution is -0.120. The maximum absolute atomic E-state index is 11.8. The van der Waals surface area contributed by atoms with Crippen LogP contribution in [0, 0.1) is 0 Å². The van der Waals surface area contributed by atoms with Crippen LogP contribution in [0.2, 0.25) is 0 Å². The number of rotatable bonds is 7. The molecule has 6 nitrogen and oxygen atoms in total. The molecule has 2 N–H and O–H groups in total. The third-order valence-electron chi connectivity index (χ3n) is 3.95. The minimum atomic E-state index is -0.0708. The number of aromatic nitrogens is 1. The molecule has 0 aliphatic heterocycles. The van der Waals surface area contributed by atoms with Gasteiger partial charge in [0.05, 0.1) is 13.0 Å². The number of hydrogen-bond acceptors (Lipinski definition) is 5. The fraction of sp³-hybridized carbons (Fsp3) is 0.316. The summed E-state index contributed by atoms with van der Waals surface area (Å²) >= 11 is 0. The number of ketones is 1. The first-order valence-corrected chi connectivity index (χ1v) is 8.33. The van der Waals surface area contributed by atoms with E-state index in [0.29, 0.717) is 31.2 Å². The Labute approximate surface area is 146 Å². The molecule has 1 heterocycles. The molecule has 1 aromatic carbocycles. The van der Waals surface area contributed by atoms with Crippen molar-refractivity contribution in [1.82, 2.24) is 15.6 Å². The highest BCUT2D eigenvalue weighted by atomic mass is 16.4. The Morgan fingerprint density at radius 3 is 2.88 bits per heavy atom. The van der Waals surface area contributed by atoms with Crippen LogP contribution < -0.4 is 10.6 Å². The standard InChI is InChI=1S/C19H21N3O3/c1-13-9-15(23)10-16-19(13)22-18(25-16)7-8-21-17(24)12-20-11-14-5-3-2-4-6-14/h2-6,9,20H,7-8,10-12H2,1H3,(H,21,24). The number of benzene rings is 1. The number of carbonyl (C=O) groups excluding carboxylic acids is 2. The maximum Gasteiger partial charge on any atom is 0.233 e. The lowest BCUT2D eigenvalue weighted by atomic mass is 10.0. The maximum atomic E-state index is 11.8. The summed E-state index contributed by atoms with van der Waals surface area (Å²) in [7, 11) is 0. The average molecular weight is 339 g/mol. The minimum absolute atomic E-state index is 0.0329. The molecule has 1 aliphatic carbocycles. The number of amides is 1. The van der Waals surface area contributed by atoms with E-state index in [-0.39, 0.29) is 24.7 Å². The van der Waals surface area contributed by atoms with Gasteiger partial charge in [-0.2, -0.15) is 0 Å². The van der Waals surface area contributed by atoms with Crippen LogP contribution in [-0.2, 0) is 29.0 Å². The first-order valence-electron chi connectivity index (χ1n) is 8.33. The lowest BCUT2D eigenvalue weighted by Crippen LogP contribution is -2.34. The van der Waals surface area contributed by atoms with Crippen molar-refractivity contribution >= 4 is 17.3 Å². The number of allylic oxidation sites excluding steroid dienone is 2. The smallest absolute Gasteiger partial charge is 0.233 e. The van der Waals surface area contributed by atoms with Gasteiger partial charge in [-0.1, -0.05) is 30.3 Å². The SMILES string of the molecule is CC1=CC(=O)Cc2oc(CCNC(=O)CNCc3ccccc3)nc21. The van der Waals surface area contributed by atoms with E-state index in [0.717, 1.165) is 16.8 Å². The van der Waals surface area contributed by atoms with Gasteiger partial charge in [-0.3, -0.25) is 9.59 Å². The predicted molar refractivity (Wildman–Crippen MR) is 93.7 cm³/mol. The van der Waals surface area contributed by atoms with Crippen LogP contribution in [-0.4, -0.2) is 29.8 Å². The first-order chi connectivity index (χ1) is 12.1. The monoisotopic (exact) mass is 339 g/mol. The molecule has 0 radical (unpaired) electrons. The van der Waals surface area contributed by atoms with Crippen LogP contribution in [0.4, 0.5) is 0 Å². The summed E-state index contributed by atoms with van der Waals surface area (Å²) < 4.78 is 5.63. The van der Waals surface area contributed by atoms with Crippen molar-refractivity contribution in [1.29, 1.82) is 0 Å². The van der Waals surface area contributed by atoms with Crippen LogP contribution >= 0.6 is 0 Å². The van der Waals surface area contributed by atoms with Gasteiger partial charge >= 0.3 is 0 Å². The van der Waals surface area contributed by atoms with Crippen LogP contribution in [0.1, 0.15) is 29.8 Å². The van der Waals surface area contributed by atoms with E-state index >= 15 is 0 Å². The van der Waals surface area contributed by atoms with Gasteiger partial charge in [-0.15, -0.1) is 0 Å². The molecule has 1 aromatic heterocycles. The van der Waals surface area contributed by atoms with Crippen molar-refractivity contribution in [3.63, 3.8) is 0 Å². The number of carbonyl (C=O) groups is 2. The second-order valence-corrected chi connectivity index (χ2v) is 6.04. The third-order valence-corrected chi connectivity index (χ3v) is 3.95. The van der Waals surface area contributed by atoms with Crippen LogP contribution in [0.25, 0.3) is 5.57 Å². The van der Waals surface area contributed by atoms with E-state index in [9.17, 15) is 9.59 Å². The number of hydrogen-bond donors (Lipinski definition) is 2. The molecule has 1 aliphatic rings. The quantitative estimate of drug-likeness (QED) is 0.801. The predicted octanol–water partition coefficient (Wildman–Crippen LogP) is 1.65. The molecule has 0 saturated carbocycles. The normalized spacial score (nSPS) is 13.3. The summed E-state index contributed by atoms with van der Waals surface area (Å²) in [5, 5.41) is 5.94. The topological polar surface area (TPSA) is 84.2 Å². The molecule has 25 heavy (non-hydrogen) atoms. The molecule has 1 amide bonds. The zero-order valence-electron chi connectivity index (χ0n) is 14.2. The van der Waals surface area contributed by atoms with Gasteiger partial charge in [-0.05, 0) is 24.1 Å². The molecule has 0 fully saturated rings. The Morgan fingerprint density at radius 2 is 2.08 bits per heavy atom. The Bertz CT molecular complexity index is 794. The molecular formula is C19H21N3O3. The zero-order chi connectivity index (χ0) is 17.6. The number of fused-ring (bicyclic) bond motifs is 1. The molecule has 2 aromatic rings. The Balaban J connectivity index is 1.40. The highest BCUT2D eigenvalue weighted by Crippen LogP contribution is 2.24. The summed E-state index contributed by atoms with van der Waals surface area (Å²) in [6, 6.07) is 9.92. The van der Waals surface area contributed by atoms with E-state index in [4.69, 9.17) is 4.42 Å². The number of nitrogens with zero attached hydrogens (tertiary/aromatic N) is 1. The molecule has 0 unspecified atom stereocenters. The van der Waals surface area contributed by atoms with E-state index in [1.165, 1.54) is 0 Å². The van der Waals surface area contributed by atoms with Crippen LogP contribution in [0.3, 0.4) is 0 Å². The fourth-order valence-electron chi connectivity index (χ4n) is 2.74. The lowest BCUT2D eigenvalue weighted by Gasteiger charge is -2.06. The second-order valence-electron chi connectivity index (χ2n) is 6.04. The average Bonchev–Trinajstić information content (AvgIpc) is 2.99. The Morgan fingerprint density at radius 1 is 1.28 bits per heavy atom. The van der Waals surface area contributed by atoms with Gasteiger partial charge in [0, 0.05) is 19.5 Å². The van der Waals surface area contributed by atoms with Crippen molar-refractivity contribution in [3.05, 3.63) is 59.3 Å². The molecule has 6 heteroatoms. The Kier molecular flexibility index (Phi) is 5.40. The van der Waals surface area contributed by atoms with E-state index in [1.807, 2.05) is 37.3 Å². The highest BCUT2D eigenvalue weighted by Gasteiger charge is 2.21. The largest absolute Gasteiger partial charge is 0.445 e. The molecular weight excluding hydrogens is 318 g/mol. The second kappa shape index (κ2) is 7.90. The molecule has 0 spiro atoms. The molecule has 0 atom stereocenters. The highest BCUT2D eigenvalue weighted by molar-refractivity contribution is 6.00. The summed E-state index contributed by atoms with van der Waals surface area (Å²) in [5.41, 5.74) is 2.72. The Hall–Kier alpha value is -2.73. The van der Waals surface area contributed by atoms with Crippen molar-refractivity contribution in [2.24, 2.45) is 0 Å². The van der Waals surface area contributed by atoms with E-state index in [2.05, 4.69) is 15.6 Å². The first kappa shape index (κ1) is 17.1. The van der Waals surface area contributed by atoms with Crippen LogP contribution in [0.15, 0.2) is 40.8 Å². The zero-order valence-corrected chi connectivity index (χ0v) is 14.2. The molecule has 0 saturated heterocycles. The van der Waals surface area contributed by atoms with Gasteiger partial charge in [-0.25, -0.2) is 4.98 Å². The van der Waals surface area contributed by atoms with Gasteiger partial charge in [0.1, 0.15) is 11.5 Å². The van der Waals surface area contributed by atoms with Crippen molar-refractivity contribution in [3.8, 4) is 0 Å². The van der Waals surface area contributed by atoms with Crippen molar-refractivity contribution in [2.45, 2.75) is 26.3 Å². The molecule has 130 valence electrons. The van der Waals surface area contributed by atoms with Gasteiger partial charge in [0.2, 0.25) is 5.91 Å². The van der Waals surface area contributed by atoms with E-state index in [1.54, 1.807) is 6.08 Å². The van der Waals surface area contributed by atoms with Gasteiger partial charge in [0.25, 0.3) is 0 Å². The molecule has 3 rings (SSSR count). The van der Waals surface area contributed by atoms with E-state index < -0.39 is 0 Å². The minimum Gasteiger partial charge on any atom is -0.445 e. The van der Waals surface area contributed by atoms with Gasteiger partial charge in [0.15, 0.2) is 11.7 Å². The number of oxazole rings is 1. The van der Waals surface area contributed by atoms with Gasteiger partial charge < -0.3 is 15.1 Å². The summed E-state index contributed by atoms with van der Waals surface area (Å²) in [4.78, 5) is 27.8. The number of nitrogens with one attached hydrogen (secondary N) is 2. The molecule has 0 bridgehead atoms. The van der Waals surface area contributed by atoms with Crippen molar-refractivity contribution in [2.75, 3.05) is 13.1 Å². The third kappa shape index (κ3) is 4.64.